The molecule has 0 spiro atoms. The van der Waals surface area contributed by atoms with E-state index in [1.165, 1.54) is 49.6 Å². The lowest BCUT2D eigenvalue weighted by Gasteiger charge is -2.33. The topological polar surface area (TPSA) is 0 Å². The zero-order valence-electron chi connectivity index (χ0n) is 15.2. The summed E-state index contributed by atoms with van der Waals surface area (Å²) >= 11 is 3.99. The van der Waals surface area contributed by atoms with Gasteiger partial charge in [-0.1, -0.05) is 104 Å². The van der Waals surface area contributed by atoms with Crippen molar-refractivity contribution in [1.82, 2.24) is 0 Å². The molecule has 0 aliphatic carbocycles. The SMILES string of the molecule is Cc1cccc(C)c1B1c2c(C)cccc2B(Br)c2cccc(C)c21. The standard InChI is InChI=1S/C22H21B2Br/c1-14-8-5-9-15(2)20(14)23-21-16(3)10-6-12-18(21)24(25)19-13-7-11-17(4)22(19)23/h5-13H,1-4H3. The minimum Gasteiger partial charge on any atom is -0.143 e. The second-order valence-electron chi connectivity index (χ2n) is 7.26. The monoisotopic (exact) mass is 386 g/mol. The molecule has 4 rings (SSSR count). The highest BCUT2D eigenvalue weighted by Gasteiger charge is 2.39. The van der Waals surface area contributed by atoms with Crippen molar-refractivity contribution in [3.8, 4) is 0 Å². The van der Waals surface area contributed by atoms with Gasteiger partial charge in [-0.05, 0) is 27.7 Å². The van der Waals surface area contributed by atoms with Crippen molar-refractivity contribution in [2.75, 3.05) is 0 Å². The van der Waals surface area contributed by atoms with Crippen LogP contribution in [-0.4, -0.2) is 12.2 Å². The molecule has 25 heavy (non-hydrogen) atoms. The van der Waals surface area contributed by atoms with Gasteiger partial charge >= 0.3 is 0 Å². The predicted octanol–water partition coefficient (Wildman–Crippen LogP) is 2.25. The van der Waals surface area contributed by atoms with Crippen LogP contribution in [0.5, 0.6) is 0 Å². The number of hydrogen-bond acceptors (Lipinski definition) is 0. The molecule has 1 heterocycles. The van der Waals surface area contributed by atoms with Gasteiger partial charge in [0.2, 0.25) is 6.71 Å². The first-order valence-electron chi connectivity index (χ1n) is 8.89. The van der Waals surface area contributed by atoms with Gasteiger partial charge in [0.1, 0.15) is 0 Å². The minimum atomic E-state index is 0.262. The predicted molar refractivity (Wildman–Crippen MR) is 117 cm³/mol. The smallest absolute Gasteiger partial charge is 0.143 e. The second kappa shape index (κ2) is 6.21. The van der Waals surface area contributed by atoms with Crippen LogP contribution in [-0.2, 0) is 0 Å². The first-order chi connectivity index (χ1) is 12.0. The Morgan fingerprint density at radius 1 is 0.560 bits per heavy atom. The number of aryl methyl sites for hydroxylation is 4. The van der Waals surface area contributed by atoms with Gasteiger partial charge in [0.25, 0.3) is 5.54 Å². The summed E-state index contributed by atoms with van der Waals surface area (Å²) in [5, 5.41) is 0. The fourth-order valence-electron chi connectivity index (χ4n) is 4.52. The van der Waals surface area contributed by atoms with Crippen molar-refractivity contribution in [2.45, 2.75) is 27.7 Å². The molecular weight excluding hydrogens is 366 g/mol. The first kappa shape index (κ1) is 16.7. The maximum absolute atomic E-state index is 3.99. The summed E-state index contributed by atoms with van der Waals surface area (Å²) in [6.45, 7) is 9.31. The van der Waals surface area contributed by atoms with E-state index in [0.717, 1.165) is 0 Å². The van der Waals surface area contributed by atoms with E-state index in [-0.39, 0.29) is 5.54 Å². The average Bonchev–Trinajstić information content (AvgIpc) is 2.58. The third-order valence-corrected chi connectivity index (χ3v) is 6.66. The van der Waals surface area contributed by atoms with E-state index < -0.39 is 0 Å². The van der Waals surface area contributed by atoms with Gasteiger partial charge < -0.3 is 0 Å². The number of hydrogen-bond donors (Lipinski definition) is 0. The van der Waals surface area contributed by atoms with Gasteiger partial charge in [0, 0.05) is 0 Å². The van der Waals surface area contributed by atoms with Crippen LogP contribution >= 0.6 is 15.8 Å². The number of halogens is 1. The van der Waals surface area contributed by atoms with Crippen LogP contribution in [0.3, 0.4) is 0 Å². The van der Waals surface area contributed by atoms with Crippen LogP contribution in [0.4, 0.5) is 0 Å². The van der Waals surface area contributed by atoms with E-state index in [0.29, 0.717) is 6.71 Å². The van der Waals surface area contributed by atoms with E-state index in [1.807, 2.05) is 0 Å². The van der Waals surface area contributed by atoms with Crippen LogP contribution < -0.4 is 27.3 Å². The third kappa shape index (κ3) is 2.52. The largest absolute Gasteiger partial charge is 0.286 e. The zero-order valence-corrected chi connectivity index (χ0v) is 16.8. The van der Waals surface area contributed by atoms with Crippen LogP contribution in [0, 0.1) is 27.7 Å². The molecular formula is C22H21B2Br. The molecule has 0 radical (unpaired) electrons. The Kier molecular flexibility index (Phi) is 4.16. The van der Waals surface area contributed by atoms with Crippen molar-refractivity contribution in [2.24, 2.45) is 0 Å². The van der Waals surface area contributed by atoms with Crippen molar-refractivity contribution < 1.29 is 0 Å². The van der Waals surface area contributed by atoms with E-state index in [1.54, 1.807) is 0 Å². The Labute approximate surface area is 159 Å². The molecule has 0 aromatic heterocycles. The Bertz CT molecular complexity index is 904. The van der Waals surface area contributed by atoms with Crippen LogP contribution in [0.25, 0.3) is 0 Å². The lowest BCUT2D eigenvalue weighted by molar-refractivity contribution is 1.42. The van der Waals surface area contributed by atoms with Gasteiger partial charge in [0.05, 0.1) is 0 Å². The second-order valence-corrected chi connectivity index (χ2v) is 8.17. The summed E-state index contributed by atoms with van der Waals surface area (Å²) in [6, 6.07) is 20.1. The summed E-state index contributed by atoms with van der Waals surface area (Å²) in [4.78, 5) is 0. The summed E-state index contributed by atoms with van der Waals surface area (Å²) in [5.41, 5.74) is 13.0. The van der Waals surface area contributed by atoms with Crippen LogP contribution in [0.2, 0.25) is 0 Å². The third-order valence-electron chi connectivity index (χ3n) is 5.67. The van der Waals surface area contributed by atoms with Crippen LogP contribution in [0.15, 0.2) is 54.6 Å². The quantitative estimate of drug-likeness (QED) is 0.563. The molecule has 0 unspecified atom stereocenters. The Morgan fingerprint density at radius 2 is 0.920 bits per heavy atom. The van der Waals surface area contributed by atoms with Gasteiger partial charge in [0.15, 0.2) is 0 Å². The van der Waals surface area contributed by atoms with E-state index in [2.05, 4.69) is 98.0 Å². The van der Waals surface area contributed by atoms with E-state index >= 15 is 0 Å². The average molecular weight is 387 g/mol. The molecule has 1 aliphatic rings. The van der Waals surface area contributed by atoms with Crippen molar-refractivity contribution in [1.29, 1.82) is 0 Å². The van der Waals surface area contributed by atoms with Crippen molar-refractivity contribution in [3.63, 3.8) is 0 Å². The molecule has 0 saturated heterocycles. The highest BCUT2D eigenvalue weighted by atomic mass is 79.9. The fourth-order valence-corrected chi connectivity index (χ4v) is 5.32. The Balaban J connectivity index is 2.14. The molecule has 3 heteroatoms. The lowest BCUT2D eigenvalue weighted by atomic mass is 9.26. The first-order valence-corrected chi connectivity index (χ1v) is 9.81. The molecule has 0 fully saturated rings. The summed E-state index contributed by atoms with van der Waals surface area (Å²) in [6.07, 6.45) is 0. The fraction of sp³-hybridized carbons (Fsp3) is 0.182. The molecule has 0 nitrogen and oxygen atoms in total. The van der Waals surface area contributed by atoms with Gasteiger partial charge in [-0.2, -0.15) is 0 Å². The molecule has 3 aromatic carbocycles. The lowest BCUT2D eigenvalue weighted by Crippen LogP contribution is -2.72. The molecule has 3 aromatic rings. The highest BCUT2D eigenvalue weighted by Crippen LogP contribution is 2.12. The highest BCUT2D eigenvalue weighted by molar-refractivity contribution is 9.25. The van der Waals surface area contributed by atoms with Gasteiger partial charge in [-0.3, -0.25) is 0 Å². The Hall–Kier alpha value is -1.73. The summed E-state index contributed by atoms with van der Waals surface area (Å²) < 4.78 is 0. The molecule has 0 amide bonds. The maximum Gasteiger partial charge on any atom is 0.286 e. The van der Waals surface area contributed by atoms with Crippen LogP contribution in [0.1, 0.15) is 22.3 Å². The molecule has 0 N–H and O–H groups in total. The summed E-state index contributed by atoms with van der Waals surface area (Å²) in [7, 11) is 0. The van der Waals surface area contributed by atoms with E-state index in [9.17, 15) is 0 Å². The van der Waals surface area contributed by atoms with Gasteiger partial charge in [-0.15, -0.1) is 15.8 Å². The number of benzene rings is 3. The molecule has 0 bridgehead atoms. The van der Waals surface area contributed by atoms with Crippen molar-refractivity contribution >= 4 is 55.3 Å². The van der Waals surface area contributed by atoms with E-state index in [4.69, 9.17) is 0 Å². The Morgan fingerprint density at radius 3 is 1.36 bits per heavy atom. The molecule has 1 aliphatic heterocycles. The number of rotatable bonds is 1. The minimum absolute atomic E-state index is 0.262. The van der Waals surface area contributed by atoms with Crippen molar-refractivity contribution in [3.05, 3.63) is 76.9 Å². The molecule has 0 atom stereocenters. The molecule has 122 valence electrons. The molecule has 0 saturated carbocycles. The van der Waals surface area contributed by atoms with Gasteiger partial charge in [-0.25, -0.2) is 0 Å². The maximum atomic E-state index is 3.99. The summed E-state index contributed by atoms with van der Waals surface area (Å²) in [5.74, 6) is 0. The number of fused-ring (bicyclic) bond motifs is 2. The zero-order chi connectivity index (χ0) is 17.7. The normalized spacial score (nSPS) is 12.8.